The first-order chi connectivity index (χ1) is 8.38. The number of thiol groups is 1. The van der Waals surface area contributed by atoms with E-state index in [0.29, 0.717) is 0 Å². The lowest BCUT2D eigenvalue weighted by Crippen LogP contribution is -1.88. The van der Waals surface area contributed by atoms with E-state index in [1.54, 1.807) is 0 Å². The van der Waals surface area contributed by atoms with Crippen molar-refractivity contribution in [1.82, 2.24) is 0 Å². The smallest absolute Gasteiger partial charge is 0.00571 e. The number of rotatable bonds is 2. The van der Waals surface area contributed by atoms with E-state index >= 15 is 0 Å². The molecule has 0 unspecified atom stereocenters. The van der Waals surface area contributed by atoms with E-state index in [9.17, 15) is 0 Å². The van der Waals surface area contributed by atoms with Crippen LogP contribution in [0.4, 0.5) is 0 Å². The van der Waals surface area contributed by atoms with Gasteiger partial charge < -0.3 is 0 Å². The summed E-state index contributed by atoms with van der Waals surface area (Å²) in [7, 11) is 0. The maximum absolute atomic E-state index is 4.33. The Morgan fingerprint density at radius 3 is 2.24 bits per heavy atom. The minimum absolute atomic E-state index is 0.895. The van der Waals surface area contributed by atoms with Crippen LogP contribution in [0.5, 0.6) is 0 Å². The molecule has 0 aromatic heterocycles. The van der Waals surface area contributed by atoms with E-state index in [1.807, 2.05) is 0 Å². The summed E-state index contributed by atoms with van der Waals surface area (Å²) in [5, 5.41) is 5.30. The molecule has 0 N–H and O–H groups in total. The summed E-state index contributed by atoms with van der Waals surface area (Å²) in [6, 6.07) is 19.6. The van der Waals surface area contributed by atoms with Crippen molar-refractivity contribution in [3.63, 3.8) is 0 Å². The molecule has 0 heterocycles. The maximum Gasteiger partial charge on any atom is -0.00571 e. The minimum Gasteiger partial charge on any atom is -0.179 e. The van der Waals surface area contributed by atoms with E-state index in [1.165, 1.54) is 27.1 Å². The number of hydrogen-bond acceptors (Lipinski definition) is 1. The Morgan fingerprint density at radius 1 is 0.765 bits per heavy atom. The van der Waals surface area contributed by atoms with Crippen molar-refractivity contribution in [2.75, 3.05) is 5.75 Å². The molecule has 1 heteroatoms. The Balaban J connectivity index is 2.35. The predicted molar refractivity (Wildman–Crippen MR) is 79.0 cm³/mol. The van der Waals surface area contributed by atoms with E-state index < -0.39 is 0 Å². The van der Waals surface area contributed by atoms with Crippen molar-refractivity contribution < 1.29 is 0 Å². The molecule has 0 fully saturated rings. The van der Waals surface area contributed by atoms with Crippen LogP contribution >= 0.6 is 12.6 Å². The van der Waals surface area contributed by atoms with Crippen LogP contribution in [0.15, 0.2) is 54.6 Å². The van der Waals surface area contributed by atoms with Crippen molar-refractivity contribution in [3.05, 3.63) is 60.2 Å². The van der Waals surface area contributed by atoms with Gasteiger partial charge in [-0.2, -0.15) is 12.6 Å². The molecule has 0 aliphatic heterocycles. The Labute approximate surface area is 107 Å². The van der Waals surface area contributed by atoms with Crippen molar-refractivity contribution in [2.45, 2.75) is 6.42 Å². The van der Waals surface area contributed by atoms with Gasteiger partial charge in [-0.05, 0) is 51.4 Å². The lowest BCUT2D eigenvalue weighted by molar-refractivity contribution is 1.18. The van der Waals surface area contributed by atoms with Gasteiger partial charge in [-0.25, -0.2) is 0 Å². The molecule has 17 heavy (non-hydrogen) atoms. The van der Waals surface area contributed by atoms with Gasteiger partial charge in [0, 0.05) is 0 Å². The van der Waals surface area contributed by atoms with Gasteiger partial charge in [0.2, 0.25) is 0 Å². The summed E-state index contributed by atoms with van der Waals surface area (Å²) in [4.78, 5) is 0. The molecule has 0 spiro atoms. The second-order valence-corrected chi connectivity index (χ2v) is 4.76. The number of fused-ring (bicyclic) bond motifs is 2. The van der Waals surface area contributed by atoms with Gasteiger partial charge in [0.1, 0.15) is 0 Å². The van der Waals surface area contributed by atoms with Crippen LogP contribution in [0, 0.1) is 0 Å². The lowest BCUT2D eigenvalue weighted by Gasteiger charge is -2.07. The number of benzene rings is 3. The normalized spacial score (nSPS) is 11.1. The Kier molecular flexibility index (Phi) is 2.77. The van der Waals surface area contributed by atoms with Crippen molar-refractivity contribution >= 4 is 34.2 Å². The summed E-state index contributed by atoms with van der Waals surface area (Å²) in [5.74, 6) is 0.895. The third kappa shape index (κ3) is 1.91. The highest BCUT2D eigenvalue weighted by Crippen LogP contribution is 2.25. The number of aryl methyl sites for hydroxylation is 1. The van der Waals surface area contributed by atoms with Crippen molar-refractivity contribution in [2.24, 2.45) is 0 Å². The predicted octanol–water partition coefficient (Wildman–Crippen LogP) is 4.47. The van der Waals surface area contributed by atoms with E-state index in [4.69, 9.17) is 0 Å². The third-order valence-electron chi connectivity index (χ3n) is 3.22. The fourth-order valence-electron chi connectivity index (χ4n) is 2.37. The van der Waals surface area contributed by atoms with Crippen LogP contribution < -0.4 is 0 Å². The van der Waals surface area contributed by atoms with Gasteiger partial charge >= 0.3 is 0 Å². The Morgan fingerprint density at radius 2 is 1.47 bits per heavy atom. The fourth-order valence-corrected chi connectivity index (χ4v) is 2.61. The molecular formula is C16H14S. The quantitative estimate of drug-likeness (QED) is 0.494. The fraction of sp³-hybridized carbons (Fsp3) is 0.125. The second kappa shape index (κ2) is 4.42. The largest absolute Gasteiger partial charge is 0.179 e. The maximum atomic E-state index is 4.33. The van der Waals surface area contributed by atoms with Crippen LogP contribution in [0.1, 0.15) is 5.56 Å². The zero-order chi connectivity index (χ0) is 11.7. The molecule has 3 aromatic carbocycles. The molecule has 0 nitrogen and oxygen atoms in total. The first-order valence-corrected chi connectivity index (χ1v) is 6.53. The van der Waals surface area contributed by atoms with Crippen LogP contribution in [-0.2, 0) is 6.42 Å². The molecule has 3 rings (SSSR count). The summed E-state index contributed by atoms with van der Waals surface area (Å²) in [5.41, 5.74) is 1.39. The Hall–Kier alpha value is -1.47. The summed E-state index contributed by atoms with van der Waals surface area (Å²) in [6.45, 7) is 0. The highest BCUT2D eigenvalue weighted by molar-refractivity contribution is 7.80. The van der Waals surface area contributed by atoms with E-state index in [0.717, 1.165) is 12.2 Å². The molecule has 0 radical (unpaired) electrons. The third-order valence-corrected chi connectivity index (χ3v) is 3.44. The van der Waals surface area contributed by atoms with Gasteiger partial charge in [-0.15, -0.1) is 0 Å². The second-order valence-electron chi connectivity index (χ2n) is 4.31. The highest BCUT2D eigenvalue weighted by atomic mass is 32.1. The van der Waals surface area contributed by atoms with Crippen molar-refractivity contribution in [3.8, 4) is 0 Å². The summed E-state index contributed by atoms with van der Waals surface area (Å²) >= 11 is 4.33. The van der Waals surface area contributed by atoms with Gasteiger partial charge in [0.05, 0.1) is 0 Å². The standard InChI is InChI=1S/C16H14S/c17-9-8-12-6-3-7-15-10-13-4-1-2-5-14(13)11-16(12)15/h1-7,10-11,17H,8-9H2. The molecule has 0 saturated carbocycles. The van der Waals surface area contributed by atoms with Gasteiger partial charge in [0.25, 0.3) is 0 Å². The molecule has 3 aromatic rings. The first-order valence-electron chi connectivity index (χ1n) is 5.90. The first kappa shape index (κ1) is 10.7. The zero-order valence-electron chi connectivity index (χ0n) is 9.56. The average Bonchev–Trinajstić information content (AvgIpc) is 2.37. The zero-order valence-corrected chi connectivity index (χ0v) is 10.5. The molecule has 0 atom stereocenters. The lowest BCUT2D eigenvalue weighted by atomic mass is 9.99. The molecular weight excluding hydrogens is 224 g/mol. The summed E-state index contributed by atoms with van der Waals surface area (Å²) in [6.07, 6.45) is 1.03. The van der Waals surface area contributed by atoms with Gasteiger partial charge in [-0.3, -0.25) is 0 Å². The number of hydrogen-bond donors (Lipinski definition) is 1. The molecule has 0 bridgehead atoms. The molecule has 0 aliphatic carbocycles. The van der Waals surface area contributed by atoms with Crippen LogP contribution in [-0.4, -0.2) is 5.75 Å². The highest BCUT2D eigenvalue weighted by Gasteiger charge is 2.02. The molecule has 0 amide bonds. The van der Waals surface area contributed by atoms with Crippen LogP contribution in [0.2, 0.25) is 0 Å². The summed E-state index contributed by atoms with van der Waals surface area (Å²) < 4.78 is 0. The van der Waals surface area contributed by atoms with E-state index in [2.05, 4.69) is 67.2 Å². The molecule has 84 valence electrons. The topological polar surface area (TPSA) is 0 Å². The van der Waals surface area contributed by atoms with E-state index in [-0.39, 0.29) is 0 Å². The molecule has 0 saturated heterocycles. The van der Waals surface area contributed by atoms with Gasteiger partial charge in [0.15, 0.2) is 0 Å². The van der Waals surface area contributed by atoms with Crippen LogP contribution in [0.3, 0.4) is 0 Å². The molecule has 0 aliphatic rings. The Bertz CT molecular complexity index is 670. The minimum atomic E-state index is 0.895. The van der Waals surface area contributed by atoms with Crippen LogP contribution in [0.25, 0.3) is 21.5 Å². The SMILES string of the molecule is SCCc1cccc2cc3ccccc3cc12. The average molecular weight is 238 g/mol. The van der Waals surface area contributed by atoms with Gasteiger partial charge in [-0.1, -0.05) is 42.5 Å². The monoisotopic (exact) mass is 238 g/mol. The van der Waals surface area contributed by atoms with Crippen molar-refractivity contribution in [1.29, 1.82) is 0 Å².